The van der Waals surface area contributed by atoms with Gasteiger partial charge in [0, 0.05) is 0 Å². The standard InChI is InChI=1S/C17H32N2O6/c1-10(2)12(18-13(11(3)4)15(21)23-7)14(20)19-17(5,6)9-25-16(22)24-8/h10-13,18H,9H2,1-8H3,(H,19,20). The largest absolute Gasteiger partial charge is 0.508 e. The fraction of sp³-hybridized carbons (Fsp3) is 0.824. The molecule has 0 rings (SSSR count). The van der Waals surface area contributed by atoms with Gasteiger partial charge in [0.05, 0.1) is 25.8 Å². The van der Waals surface area contributed by atoms with Crippen LogP contribution in [0.5, 0.6) is 0 Å². The van der Waals surface area contributed by atoms with Gasteiger partial charge in [0.1, 0.15) is 12.6 Å². The van der Waals surface area contributed by atoms with Crippen molar-refractivity contribution in [3.8, 4) is 0 Å². The van der Waals surface area contributed by atoms with E-state index in [1.54, 1.807) is 13.8 Å². The van der Waals surface area contributed by atoms with E-state index in [0.29, 0.717) is 0 Å². The second-order valence-electron chi connectivity index (χ2n) is 7.25. The molecule has 0 aliphatic heterocycles. The van der Waals surface area contributed by atoms with Gasteiger partial charge in [0.2, 0.25) is 5.91 Å². The van der Waals surface area contributed by atoms with E-state index in [2.05, 4.69) is 15.4 Å². The van der Waals surface area contributed by atoms with Crippen LogP contribution in [-0.2, 0) is 23.8 Å². The third kappa shape index (κ3) is 8.20. The quantitative estimate of drug-likeness (QED) is 0.600. The zero-order chi connectivity index (χ0) is 19.8. The first-order valence-electron chi connectivity index (χ1n) is 8.31. The molecular weight excluding hydrogens is 328 g/mol. The molecule has 2 N–H and O–H groups in total. The Balaban J connectivity index is 5.05. The van der Waals surface area contributed by atoms with Crippen LogP contribution in [0.1, 0.15) is 41.5 Å². The van der Waals surface area contributed by atoms with E-state index in [1.807, 2.05) is 27.7 Å². The van der Waals surface area contributed by atoms with E-state index in [1.165, 1.54) is 14.2 Å². The number of amides is 1. The minimum Gasteiger partial charge on any atom is -0.468 e. The predicted octanol–water partition coefficient (Wildman–Crippen LogP) is 1.48. The first-order valence-corrected chi connectivity index (χ1v) is 8.31. The molecule has 1 amide bonds. The second kappa shape index (κ2) is 10.2. The first-order chi connectivity index (χ1) is 11.4. The maximum Gasteiger partial charge on any atom is 0.508 e. The summed E-state index contributed by atoms with van der Waals surface area (Å²) >= 11 is 0. The summed E-state index contributed by atoms with van der Waals surface area (Å²) < 4.78 is 14.1. The number of ether oxygens (including phenoxy) is 3. The fourth-order valence-electron chi connectivity index (χ4n) is 2.17. The highest BCUT2D eigenvalue weighted by Crippen LogP contribution is 2.12. The predicted molar refractivity (Wildman–Crippen MR) is 93.0 cm³/mol. The molecule has 0 fully saturated rings. The molecule has 0 heterocycles. The van der Waals surface area contributed by atoms with Gasteiger partial charge >= 0.3 is 12.1 Å². The number of hydrogen-bond acceptors (Lipinski definition) is 7. The van der Waals surface area contributed by atoms with Gasteiger partial charge in [-0.1, -0.05) is 27.7 Å². The summed E-state index contributed by atoms with van der Waals surface area (Å²) in [6.45, 7) is 10.9. The lowest BCUT2D eigenvalue weighted by Gasteiger charge is -2.32. The van der Waals surface area contributed by atoms with Crippen LogP contribution in [0.4, 0.5) is 4.79 Å². The lowest BCUT2D eigenvalue weighted by Crippen LogP contribution is -2.59. The maximum absolute atomic E-state index is 12.7. The normalized spacial score (nSPS) is 14.0. The Hall–Kier alpha value is -1.83. The molecule has 0 aliphatic rings. The molecule has 25 heavy (non-hydrogen) atoms. The monoisotopic (exact) mass is 360 g/mol. The minimum atomic E-state index is -0.813. The molecule has 0 spiro atoms. The van der Waals surface area contributed by atoms with Crippen LogP contribution >= 0.6 is 0 Å². The van der Waals surface area contributed by atoms with Crippen LogP contribution in [0.15, 0.2) is 0 Å². The third-order valence-electron chi connectivity index (χ3n) is 3.61. The molecule has 0 aromatic heterocycles. The van der Waals surface area contributed by atoms with Gasteiger partial charge in [-0.25, -0.2) is 4.79 Å². The van der Waals surface area contributed by atoms with Crippen molar-refractivity contribution in [2.75, 3.05) is 20.8 Å². The van der Waals surface area contributed by atoms with Crippen molar-refractivity contribution in [2.45, 2.75) is 59.2 Å². The van der Waals surface area contributed by atoms with Gasteiger partial charge in [-0.15, -0.1) is 0 Å². The van der Waals surface area contributed by atoms with E-state index >= 15 is 0 Å². The highest BCUT2D eigenvalue weighted by atomic mass is 16.7. The Labute approximate surface area is 150 Å². The van der Waals surface area contributed by atoms with Crippen molar-refractivity contribution >= 4 is 18.0 Å². The minimum absolute atomic E-state index is 0.0408. The van der Waals surface area contributed by atoms with Crippen LogP contribution in [-0.4, -0.2) is 56.5 Å². The average Bonchev–Trinajstić information content (AvgIpc) is 2.51. The first kappa shape index (κ1) is 23.2. The Morgan fingerprint density at radius 3 is 1.84 bits per heavy atom. The van der Waals surface area contributed by atoms with E-state index < -0.39 is 29.7 Å². The Morgan fingerprint density at radius 1 is 0.920 bits per heavy atom. The maximum atomic E-state index is 12.7. The highest BCUT2D eigenvalue weighted by molar-refractivity contribution is 5.84. The van der Waals surface area contributed by atoms with Gasteiger partial charge in [0.15, 0.2) is 0 Å². The summed E-state index contributed by atoms with van der Waals surface area (Å²) in [6, 6.07) is -1.21. The van der Waals surface area contributed by atoms with E-state index in [0.717, 1.165) is 0 Å². The summed E-state index contributed by atoms with van der Waals surface area (Å²) in [4.78, 5) is 35.7. The molecule has 8 heteroatoms. The van der Waals surface area contributed by atoms with Crippen molar-refractivity contribution in [3.05, 3.63) is 0 Å². The number of esters is 1. The topological polar surface area (TPSA) is 103 Å². The summed E-state index contributed by atoms with van der Waals surface area (Å²) in [6.07, 6.45) is -0.813. The molecule has 0 aromatic rings. The number of carbonyl (C=O) groups is 3. The zero-order valence-electron chi connectivity index (χ0n) is 16.5. The van der Waals surface area contributed by atoms with Crippen LogP contribution in [0.25, 0.3) is 0 Å². The highest BCUT2D eigenvalue weighted by Gasteiger charge is 2.33. The molecule has 0 saturated heterocycles. The van der Waals surface area contributed by atoms with Gasteiger partial charge in [-0.05, 0) is 25.7 Å². The molecule has 0 saturated carbocycles. The smallest absolute Gasteiger partial charge is 0.468 e. The van der Waals surface area contributed by atoms with Crippen LogP contribution < -0.4 is 10.6 Å². The van der Waals surface area contributed by atoms with Crippen molar-refractivity contribution < 1.29 is 28.6 Å². The summed E-state index contributed by atoms with van der Waals surface area (Å²) in [5, 5.41) is 5.92. The number of nitrogens with one attached hydrogen (secondary N) is 2. The zero-order valence-corrected chi connectivity index (χ0v) is 16.5. The van der Waals surface area contributed by atoms with Gasteiger partial charge in [-0.3, -0.25) is 14.9 Å². The fourth-order valence-corrected chi connectivity index (χ4v) is 2.17. The Bertz CT molecular complexity index is 462. The lowest BCUT2D eigenvalue weighted by molar-refractivity contribution is -0.145. The van der Waals surface area contributed by atoms with E-state index in [4.69, 9.17) is 9.47 Å². The van der Waals surface area contributed by atoms with E-state index in [-0.39, 0.29) is 24.3 Å². The van der Waals surface area contributed by atoms with E-state index in [9.17, 15) is 14.4 Å². The number of carbonyl (C=O) groups excluding carboxylic acids is 3. The number of methoxy groups -OCH3 is 2. The van der Waals surface area contributed by atoms with Gasteiger partial charge < -0.3 is 19.5 Å². The Morgan fingerprint density at radius 2 is 1.44 bits per heavy atom. The number of hydrogen-bond donors (Lipinski definition) is 2. The molecule has 0 aromatic carbocycles. The molecular formula is C17H32N2O6. The molecule has 2 unspecified atom stereocenters. The van der Waals surface area contributed by atoms with Crippen molar-refractivity contribution in [1.29, 1.82) is 0 Å². The van der Waals surface area contributed by atoms with Crippen LogP contribution in [0.3, 0.4) is 0 Å². The van der Waals surface area contributed by atoms with Crippen molar-refractivity contribution in [3.63, 3.8) is 0 Å². The van der Waals surface area contributed by atoms with Crippen LogP contribution in [0.2, 0.25) is 0 Å². The van der Waals surface area contributed by atoms with Gasteiger partial charge in [0.25, 0.3) is 0 Å². The third-order valence-corrected chi connectivity index (χ3v) is 3.61. The second-order valence-corrected chi connectivity index (χ2v) is 7.25. The SMILES string of the molecule is COC(=O)OCC(C)(C)NC(=O)C(NC(C(=O)OC)C(C)C)C(C)C. The molecule has 8 nitrogen and oxygen atoms in total. The molecule has 2 atom stereocenters. The van der Waals surface area contributed by atoms with Gasteiger partial charge in [-0.2, -0.15) is 0 Å². The van der Waals surface area contributed by atoms with Crippen molar-refractivity contribution in [2.24, 2.45) is 11.8 Å². The molecule has 0 aliphatic carbocycles. The number of rotatable bonds is 9. The van der Waals surface area contributed by atoms with Crippen molar-refractivity contribution in [1.82, 2.24) is 10.6 Å². The summed E-state index contributed by atoms with van der Waals surface area (Å²) in [7, 11) is 2.53. The summed E-state index contributed by atoms with van der Waals surface area (Å²) in [5.41, 5.74) is -0.793. The average molecular weight is 360 g/mol. The summed E-state index contributed by atoms with van der Waals surface area (Å²) in [5.74, 6) is -0.815. The lowest BCUT2D eigenvalue weighted by atomic mass is 9.97. The molecule has 0 radical (unpaired) electrons. The van der Waals surface area contributed by atoms with Crippen LogP contribution in [0, 0.1) is 11.8 Å². The Kier molecular flexibility index (Phi) is 9.48. The molecule has 0 bridgehead atoms. The molecule has 146 valence electrons.